The number of anilines is 6. The van der Waals surface area contributed by atoms with E-state index in [2.05, 4.69) is 278 Å². The standard InChI is InChI=1S/C38H27N.C18H13Br2N.C10H9BO2.U/c1-2-12-36(13-3-1)39(37-22-18-30(19-23-37)34-16-14-28-8-4-6-10-32(28)26-34)38-24-20-31(21-25-38)35-17-15-29-9-5-7-11-33(29)27-35;19-14-6-10-17(11-7-14)21(16-4-2-1-3-5-16)18-12-8-15(20)9-13-18;12-11(13)10-6-5-8-3-1-2-4-9(8)7-10;/h1-27H;1-13H;1-7,12-13H;. The van der Waals surface area contributed by atoms with Crippen LogP contribution in [0.25, 0.3) is 54.6 Å². The van der Waals surface area contributed by atoms with Crippen LogP contribution in [0.2, 0.25) is 0 Å². The maximum Gasteiger partial charge on any atom is 0.488 e. The smallest absolute Gasteiger partial charge is 0.423 e. The van der Waals surface area contributed by atoms with Gasteiger partial charge < -0.3 is 19.8 Å². The van der Waals surface area contributed by atoms with E-state index in [1.165, 1.54) is 43.8 Å². The second kappa shape index (κ2) is 24.8. The van der Waals surface area contributed by atoms with Gasteiger partial charge in [-0.2, -0.15) is 0 Å². The van der Waals surface area contributed by atoms with E-state index in [1.54, 1.807) is 12.1 Å². The predicted molar refractivity (Wildman–Crippen MR) is 317 cm³/mol. The van der Waals surface area contributed by atoms with Crippen molar-refractivity contribution >= 4 is 111 Å². The molecular weight excluding hydrogens is 1260 g/mol. The molecule has 0 atom stereocenters. The summed E-state index contributed by atoms with van der Waals surface area (Å²) in [6, 6.07) is 98.9. The molecule has 0 saturated carbocycles. The summed E-state index contributed by atoms with van der Waals surface area (Å²) in [7, 11) is -1.38. The molecule has 12 aromatic carbocycles. The molecule has 0 fully saturated rings. The first kappa shape index (κ1) is 51.9. The molecule has 8 heteroatoms. The number of rotatable bonds is 9. The Morgan fingerprint density at radius 1 is 0.257 bits per heavy atom. The summed E-state index contributed by atoms with van der Waals surface area (Å²) in [5, 5.41) is 25.1. The van der Waals surface area contributed by atoms with Gasteiger partial charge in [-0.15, -0.1) is 0 Å². The molecule has 0 aliphatic heterocycles. The predicted octanol–water partition coefficient (Wildman–Crippen LogP) is 18.0. The van der Waals surface area contributed by atoms with Gasteiger partial charge in [0.05, 0.1) is 0 Å². The number of benzene rings is 12. The van der Waals surface area contributed by atoms with Gasteiger partial charge in [-0.05, 0) is 169 Å². The van der Waals surface area contributed by atoms with Crippen LogP contribution in [0.15, 0.2) is 294 Å². The molecule has 0 unspecified atom stereocenters. The molecule has 0 spiro atoms. The Bertz CT molecular complexity index is 3570. The summed E-state index contributed by atoms with van der Waals surface area (Å²) >= 11 is 6.98. The van der Waals surface area contributed by atoms with Gasteiger partial charge in [0.15, 0.2) is 0 Å². The number of halogens is 2. The van der Waals surface area contributed by atoms with Gasteiger partial charge in [0.2, 0.25) is 0 Å². The van der Waals surface area contributed by atoms with Crippen molar-refractivity contribution in [2.75, 3.05) is 9.80 Å². The van der Waals surface area contributed by atoms with Crippen LogP contribution in [0.1, 0.15) is 0 Å². The van der Waals surface area contributed by atoms with E-state index in [4.69, 9.17) is 10.0 Å². The second-order valence-corrected chi connectivity index (χ2v) is 19.3. The van der Waals surface area contributed by atoms with Gasteiger partial charge in [-0.3, -0.25) is 0 Å². The van der Waals surface area contributed by atoms with Crippen LogP contribution in [0.3, 0.4) is 0 Å². The number of nitrogens with zero attached hydrogens (tertiary/aromatic N) is 2. The van der Waals surface area contributed by atoms with E-state index in [1.807, 2.05) is 36.4 Å². The average Bonchev–Trinajstić information content (AvgIpc) is 3.45. The monoisotopic (exact) mass is 1310 g/mol. The van der Waals surface area contributed by atoms with Gasteiger partial charge in [-0.25, -0.2) is 0 Å². The van der Waals surface area contributed by atoms with Crippen molar-refractivity contribution in [1.29, 1.82) is 0 Å². The van der Waals surface area contributed by atoms with Crippen LogP contribution in [0.4, 0.5) is 34.1 Å². The SMILES string of the molecule is Brc1ccc(N(c2ccccc2)c2ccc(Br)cc2)cc1.OB(O)c1ccc2ccccc2c1.[U].c1ccc(N(c2ccc(-c3ccc4ccccc4c3)cc2)c2ccc(-c3ccc4ccccc4c3)cc2)cc1. The minimum Gasteiger partial charge on any atom is -0.423 e. The van der Waals surface area contributed by atoms with Gasteiger partial charge >= 0.3 is 7.12 Å². The van der Waals surface area contributed by atoms with E-state index in [0.29, 0.717) is 5.46 Å². The molecule has 0 aliphatic carbocycles. The third kappa shape index (κ3) is 12.7. The van der Waals surface area contributed by atoms with Crippen molar-refractivity contribution in [3.8, 4) is 22.3 Å². The van der Waals surface area contributed by atoms with E-state index < -0.39 is 7.12 Å². The molecule has 0 aromatic heterocycles. The molecule has 0 bridgehead atoms. The zero-order valence-electron chi connectivity index (χ0n) is 40.3. The summed E-state index contributed by atoms with van der Waals surface area (Å²) in [4.78, 5) is 4.55. The first-order chi connectivity index (χ1) is 35.8. The van der Waals surface area contributed by atoms with Gasteiger partial charge in [0.1, 0.15) is 0 Å². The first-order valence-corrected chi connectivity index (χ1v) is 25.7. The van der Waals surface area contributed by atoms with Crippen molar-refractivity contribution < 1.29 is 41.2 Å². The fourth-order valence-corrected chi connectivity index (χ4v) is 9.47. The molecule has 0 aliphatic rings. The molecule has 74 heavy (non-hydrogen) atoms. The maximum absolute atomic E-state index is 8.94. The third-order valence-corrected chi connectivity index (χ3v) is 13.7. The molecule has 0 radical (unpaired) electrons. The topological polar surface area (TPSA) is 46.9 Å². The maximum atomic E-state index is 8.94. The number of para-hydroxylation sites is 2. The first-order valence-electron chi connectivity index (χ1n) is 24.1. The van der Waals surface area contributed by atoms with Crippen LogP contribution in [-0.2, 0) is 0 Å². The molecule has 0 heterocycles. The van der Waals surface area contributed by atoms with Crippen molar-refractivity contribution in [2.24, 2.45) is 0 Å². The summed E-state index contributed by atoms with van der Waals surface area (Å²) in [5.41, 5.74) is 12.2. The van der Waals surface area contributed by atoms with E-state index >= 15 is 0 Å². The minimum absolute atomic E-state index is 0. The fourth-order valence-electron chi connectivity index (χ4n) is 8.94. The molecule has 0 amide bonds. The Morgan fingerprint density at radius 2 is 0.527 bits per heavy atom. The van der Waals surface area contributed by atoms with Gasteiger partial charge in [-0.1, -0.05) is 208 Å². The summed E-state index contributed by atoms with van der Waals surface area (Å²) in [6.45, 7) is 0. The van der Waals surface area contributed by atoms with E-state index in [9.17, 15) is 0 Å². The molecule has 4 nitrogen and oxygen atoms in total. The molecule has 2 N–H and O–H groups in total. The summed E-state index contributed by atoms with van der Waals surface area (Å²) in [6.07, 6.45) is 0. The number of hydrogen-bond donors (Lipinski definition) is 2. The summed E-state index contributed by atoms with van der Waals surface area (Å²) in [5.74, 6) is 0. The molecule has 12 aromatic rings. The zero-order chi connectivity index (χ0) is 49.9. The Kier molecular flexibility index (Phi) is 17.4. The van der Waals surface area contributed by atoms with Gasteiger partial charge in [0.25, 0.3) is 0 Å². The zero-order valence-corrected chi connectivity index (χ0v) is 47.6. The quantitative estimate of drug-likeness (QED) is 0.141. The molecule has 0 saturated heterocycles. The fraction of sp³-hybridized carbons (Fsp3) is 0. The Labute approximate surface area is 474 Å². The van der Waals surface area contributed by atoms with Crippen molar-refractivity contribution in [3.63, 3.8) is 0 Å². The van der Waals surface area contributed by atoms with E-state index in [-0.39, 0.29) is 31.1 Å². The Hall–Kier alpha value is -6.98. The van der Waals surface area contributed by atoms with Crippen molar-refractivity contribution in [1.82, 2.24) is 0 Å². The van der Waals surface area contributed by atoms with Crippen LogP contribution in [-0.4, -0.2) is 17.2 Å². The minimum atomic E-state index is -1.38. The molecule has 356 valence electrons. The van der Waals surface area contributed by atoms with Crippen LogP contribution < -0.4 is 15.3 Å². The van der Waals surface area contributed by atoms with Crippen LogP contribution in [0, 0.1) is 31.1 Å². The van der Waals surface area contributed by atoms with Gasteiger partial charge in [0, 0.05) is 74.2 Å². The summed E-state index contributed by atoms with van der Waals surface area (Å²) < 4.78 is 2.16. The molecular formula is C66H49BBr2N2O2U. The van der Waals surface area contributed by atoms with E-state index in [0.717, 1.165) is 53.8 Å². The Balaban J connectivity index is 0.000000160. The number of hydrogen-bond acceptors (Lipinski definition) is 4. The van der Waals surface area contributed by atoms with Crippen LogP contribution >= 0.6 is 31.9 Å². The largest absolute Gasteiger partial charge is 0.488 e. The number of fused-ring (bicyclic) bond motifs is 3. The van der Waals surface area contributed by atoms with Crippen molar-refractivity contribution in [3.05, 3.63) is 294 Å². The third-order valence-electron chi connectivity index (χ3n) is 12.7. The average molecular weight is 1310 g/mol. The second-order valence-electron chi connectivity index (χ2n) is 17.5. The van der Waals surface area contributed by atoms with Crippen molar-refractivity contribution in [2.45, 2.75) is 0 Å². The molecule has 12 rings (SSSR count). The van der Waals surface area contributed by atoms with Crippen LogP contribution in [0.5, 0.6) is 0 Å². The normalized spacial score (nSPS) is 10.6. The Morgan fingerprint density at radius 3 is 0.878 bits per heavy atom.